The van der Waals surface area contributed by atoms with Crippen LogP contribution in [0, 0.1) is 0 Å². The second-order valence-electron chi connectivity index (χ2n) is 5.71. The van der Waals surface area contributed by atoms with Gasteiger partial charge in [-0.2, -0.15) is 0 Å². The molecule has 0 fully saturated rings. The summed E-state index contributed by atoms with van der Waals surface area (Å²) in [7, 11) is 0. The Bertz CT molecular complexity index is 234. The minimum Gasteiger partial charge on any atom is -0.444 e. The zero-order chi connectivity index (χ0) is 13.5. The predicted octanol–water partition coefficient (Wildman–Crippen LogP) is 1.26. The van der Waals surface area contributed by atoms with E-state index in [1.165, 1.54) is 0 Å². The molecular weight excluding hydrogens is 220 g/mol. The molecule has 5 heteroatoms. The molecule has 0 aromatic rings. The summed E-state index contributed by atoms with van der Waals surface area (Å²) >= 11 is 0. The number of carbonyl (C=O) groups is 1. The molecule has 0 unspecified atom stereocenters. The number of ether oxygens (including phenoxy) is 1. The summed E-state index contributed by atoms with van der Waals surface area (Å²) in [6, 6.07) is 0. The molecule has 0 atom stereocenters. The third-order valence-electron chi connectivity index (χ3n) is 2.13. The van der Waals surface area contributed by atoms with Crippen molar-refractivity contribution in [3.8, 4) is 0 Å². The molecule has 0 spiro atoms. The molecular formula is C12H26N2O3. The number of hydrogen-bond acceptors (Lipinski definition) is 4. The van der Waals surface area contributed by atoms with Gasteiger partial charge < -0.3 is 20.5 Å². The normalized spacial score (nSPS) is 12.4. The zero-order valence-corrected chi connectivity index (χ0v) is 11.6. The molecule has 0 saturated carbocycles. The van der Waals surface area contributed by atoms with Crippen LogP contribution in [0.3, 0.4) is 0 Å². The van der Waals surface area contributed by atoms with E-state index in [1.54, 1.807) is 0 Å². The lowest BCUT2D eigenvalue weighted by Gasteiger charge is -2.25. The van der Waals surface area contributed by atoms with Crippen molar-refractivity contribution in [2.75, 3.05) is 19.7 Å². The van der Waals surface area contributed by atoms with Crippen LogP contribution in [0.15, 0.2) is 0 Å². The van der Waals surface area contributed by atoms with Crippen LogP contribution in [0.25, 0.3) is 0 Å². The number of hydrogen-bond donors (Lipinski definition) is 3. The van der Waals surface area contributed by atoms with E-state index in [0.717, 1.165) is 0 Å². The Morgan fingerprint density at radius 1 is 1.18 bits per heavy atom. The Balaban J connectivity index is 3.68. The zero-order valence-electron chi connectivity index (χ0n) is 11.6. The monoisotopic (exact) mass is 246 g/mol. The number of rotatable bonds is 6. The van der Waals surface area contributed by atoms with Crippen molar-refractivity contribution < 1.29 is 14.6 Å². The van der Waals surface area contributed by atoms with E-state index in [0.29, 0.717) is 19.5 Å². The van der Waals surface area contributed by atoms with Crippen molar-refractivity contribution in [3.63, 3.8) is 0 Å². The first-order valence-corrected chi connectivity index (χ1v) is 5.99. The number of amides is 1. The van der Waals surface area contributed by atoms with Crippen molar-refractivity contribution in [1.82, 2.24) is 10.6 Å². The first-order valence-electron chi connectivity index (χ1n) is 5.99. The summed E-state index contributed by atoms with van der Waals surface area (Å²) < 4.78 is 5.10. The Kier molecular flexibility index (Phi) is 6.49. The molecule has 0 saturated heterocycles. The fourth-order valence-electron chi connectivity index (χ4n) is 1.25. The van der Waals surface area contributed by atoms with E-state index in [-0.39, 0.29) is 12.1 Å². The average molecular weight is 246 g/mol. The largest absolute Gasteiger partial charge is 0.444 e. The fraction of sp³-hybridized carbons (Fsp3) is 0.917. The number of alkyl carbamates (subject to hydrolysis) is 1. The minimum atomic E-state index is -0.465. The van der Waals surface area contributed by atoms with Crippen LogP contribution in [-0.2, 0) is 4.74 Å². The van der Waals surface area contributed by atoms with Crippen molar-refractivity contribution in [2.45, 2.75) is 52.2 Å². The highest BCUT2D eigenvalue weighted by molar-refractivity contribution is 5.67. The van der Waals surface area contributed by atoms with E-state index < -0.39 is 11.7 Å². The Hall–Kier alpha value is -0.810. The van der Waals surface area contributed by atoms with E-state index in [9.17, 15) is 4.79 Å². The number of nitrogens with one attached hydrogen (secondary N) is 2. The minimum absolute atomic E-state index is 0.121. The summed E-state index contributed by atoms with van der Waals surface area (Å²) in [4.78, 5) is 11.3. The molecule has 0 rings (SSSR count). The number of aliphatic hydroxyl groups is 1. The van der Waals surface area contributed by atoms with E-state index >= 15 is 0 Å². The van der Waals surface area contributed by atoms with Gasteiger partial charge in [-0.15, -0.1) is 0 Å². The maximum atomic E-state index is 11.3. The van der Waals surface area contributed by atoms with Crippen LogP contribution in [0.2, 0.25) is 0 Å². The molecule has 5 nitrogen and oxygen atoms in total. The van der Waals surface area contributed by atoms with Gasteiger partial charge in [0.1, 0.15) is 5.60 Å². The molecule has 0 heterocycles. The van der Waals surface area contributed by atoms with Crippen LogP contribution in [0.1, 0.15) is 41.0 Å². The second-order valence-corrected chi connectivity index (χ2v) is 5.71. The van der Waals surface area contributed by atoms with E-state index in [4.69, 9.17) is 9.84 Å². The summed E-state index contributed by atoms with van der Waals surface area (Å²) in [5, 5.41) is 14.8. The van der Waals surface area contributed by atoms with Gasteiger partial charge in [-0.3, -0.25) is 0 Å². The molecule has 0 aliphatic rings. The molecule has 0 radical (unpaired) electrons. The molecule has 1 amide bonds. The van der Waals surface area contributed by atoms with Gasteiger partial charge in [0.15, 0.2) is 0 Å². The standard InChI is InChI=1S/C12H26N2O3/c1-11(2,3)17-10(16)13-7-8-14-12(4,5)6-9-15/h14-15H,6-9H2,1-5H3,(H,13,16). The van der Waals surface area contributed by atoms with Crippen LogP contribution in [0.5, 0.6) is 0 Å². The van der Waals surface area contributed by atoms with Gasteiger partial charge in [-0.05, 0) is 41.0 Å². The first kappa shape index (κ1) is 16.2. The van der Waals surface area contributed by atoms with E-state index in [2.05, 4.69) is 10.6 Å². The molecule has 0 aliphatic heterocycles. The summed E-state index contributed by atoms with van der Waals surface area (Å²) in [6.07, 6.45) is 0.277. The molecule has 3 N–H and O–H groups in total. The fourth-order valence-corrected chi connectivity index (χ4v) is 1.25. The summed E-state index contributed by atoms with van der Waals surface area (Å²) in [5.74, 6) is 0. The second kappa shape index (κ2) is 6.81. The molecule has 0 bridgehead atoms. The average Bonchev–Trinajstić information content (AvgIpc) is 2.09. The number of carbonyl (C=O) groups excluding carboxylic acids is 1. The smallest absolute Gasteiger partial charge is 0.407 e. The predicted molar refractivity (Wildman–Crippen MR) is 68.0 cm³/mol. The molecule has 0 aromatic carbocycles. The molecule has 0 aromatic heterocycles. The van der Waals surface area contributed by atoms with Crippen molar-refractivity contribution in [1.29, 1.82) is 0 Å². The third-order valence-corrected chi connectivity index (χ3v) is 2.13. The van der Waals surface area contributed by atoms with Crippen molar-refractivity contribution >= 4 is 6.09 Å². The molecule has 102 valence electrons. The van der Waals surface area contributed by atoms with Gasteiger partial charge >= 0.3 is 6.09 Å². The topological polar surface area (TPSA) is 70.6 Å². The Morgan fingerprint density at radius 3 is 2.24 bits per heavy atom. The lowest BCUT2D eigenvalue weighted by atomic mass is 10.0. The molecule has 17 heavy (non-hydrogen) atoms. The van der Waals surface area contributed by atoms with Crippen molar-refractivity contribution in [2.24, 2.45) is 0 Å². The summed E-state index contributed by atoms with van der Waals surface area (Å²) in [6.45, 7) is 10.8. The van der Waals surface area contributed by atoms with Gasteiger partial charge in [-0.25, -0.2) is 4.79 Å². The van der Waals surface area contributed by atoms with Crippen LogP contribution < -0.4 is 10.6 Å². The van der Waals surface area contributed by atoms with Crippen molar-refractivity contribution in [3.05, 3.63) is 0 Å². The van der Waals surface area contributed by atoms with Gasteiger partial charge in [0, 0.05) is 25.2 Å². The van der Waals surface area contributed by atoms with Crippen LogP contribution >= 0.6 is 0 Å². The Labute approximate surface area is 104 Å². The lowest BCUT2D eigenvalue weighted by molar-refractivity contribution is 0.0526. The number of aliphatic hydroxyl groups excluding tert-OH is 1. The van der Waals surface area contributed by atoms with Crippen LogP contribution in [0.4, 0.5) is 4.79 Å². The SMILES string of the molecule is CC(C)(CCO)NCCNC(=O)OC(C)(C)C. The van der Waals surface area contributed by atoms with Gasteiger partial charge in [0.2, 0.25) is 0 Å². The van der Waals surface area contributed by atoms with Gasteiger partial charge in [0.25, 0.3) is 0 Å². The maximum Gasteiger partial charge on any atom is 0.407 e. The highest BCUT2D eigenvalue weighted by atomic mass is 16.6. The quantitative estimate of drug-likeness (QED) is 0.617. The molecule has 0 aliphatic carbocycles. The van der Waals surface area contributed by atoms with Gasteiger partial charge in [0.05, 0.1) is 0 Å². The maximum absolute atomic E-state index is 11.3. The highest BCUT2D eigenvalue weighted by Gasteiger charge is 2.17. The lowest BCUT2D eigenvalue weighted by Crippen LogP contribution is -2.44. The first-order chi connectivity index (χ1) is 7.66. The highest BCUT2D eigenvalue weighted by Crippen LogP contribution is 2.07. The van der Waals surface area contributed by atoms with Gasteiger partial charge in [-0.1, -0.05) is 0 Å². The third kappa shape index (κ3) is 10.1. The van der Waals surface area contributed by atoms with Crippen LogP contribution in [-0.4, -0.2) is 42.0 Å². The summed E-state index contributed by atoms with van der Waals surface area (Å²) in [5.41, 5.74) is -0.585. The Morgan fingerprint density at radius 2 is 1.76 bits per heavy atom. The van der Waals surface area contributed by atoms with E-state index in [1.807, 2.05) is 34.6 Å².